The normalized spacial score (nSPS) is 17.6. The van der Waals surface area contributed by atoms with E-state index in [0.717, 1.165) is 0 Å². The van der Waals surface area contributed by atoms with E-state index in [0.29, 0.717) is 18.4 Å². The molecule has 1 atom stereocenters. The SMILES string of the molecule is NCC(Nc1ncc([N+](=O)[O-])cn1)C1CCCC1. The Balaban J connectivity index is 2.00. The third-order valence-corrected chi connectivity index (χ3v) is 3.39. The van der Waals surface area contributed by atoms with E-state index in [1.807, 2.05) is 0 Å². The fraction of sp³-hybridized carbons (Fsp3) is 0.636. The molecule has 1 heterocycles. The van der Waals surface area contributed by atoms with Crippen LogP contribution in [0.5, 0.6) is 0 Å². The van der Waals surface area contributed by atoms with Crippen molar-refractivity contribution < 1.29 is 4.92 Å². The van der Waals surface area contributed by atoms with E-state index in [2.05, 4.69) is 15.3 Å². The van der Waals surface area contributed by atoms with E-state index in [-0.39, 0.29) is 11.7 Å². The number of hydrogen-bond donors (Lipinski definition) is 2. The average Bonchev–Trinajstić information content (AvgIpc) is 2.90. The summed E-state index contributed by atoms with van der Waals surface area (Å²) in [5.41, 5.74) is 5.65. The molecule has 0 bridgehead atoms. The monoisotopic (exact) mass is 251 g/mol. The van der Waals surface area contributed by atoms with Gasteiger partial charge in [-0.3, -0.25) is 10.1 Å². The number of hydrogen-bond acceptors (Lipinski definition) is 6. The molecule has 98 valence electrons. The molecule has 1 aromatic heterocycles. The highest BCUT2D eigenvalue weighted by atomic mass is 16.6. The number of nitrogens with zero attached hydrogens (tertiary/aromatic N) is 3. The molecule has 0 aliphatic heterocycles. The van der Waals surface area contributed by atoms with Gasteiger partial charge in [0.2, 0.25) is 5.95 Å². The van der Waals surface area contributed by atoms with Crippen LogP contribution in [-0.2, 0) is 0 Å². The molecule has 0 amide bonds. The molecule has 2 rings (SSSR count). The molecule has 7 nitrogen and oxygen atoms in total. The van der Waals surface area contributed by atoms with Gasteiger partial charge in [0.25, 0.3) is 0 Å². The van der Waals surface area contributed by atoms with E-state index in [1.165, 1.54) is 38.1 Å². The summed E-state index contributed by atoms with van der Waals surface area (Å²) in [6.45, 7) is 0.519. The van der Waals surface area contributed by atoms with E-state index in [1.54, 1.807) is 0 Å². The van der Waals surface area contributed by atoms with Crippen molar-refractivity contribution in [3.8, 4) is 0 Å². The molecule has 3 N–H and O–H groups in total. The Morgan fingerprint density at radius 2 is 2.06 bits per heavy atom. The van der Waals surface area contributed by atoms with Crippen molar-refractivity contribution in [3.63, 3.8) is 0 Å². The van der Waals surface area contributed by atoms with Crippen molar-refractivity contribution >= 4 is 11.6 Å². The number of rotatable bonds is 5. The van der Waals surface area contributed by atoms with Crippen LogP contribution in [0.15, 0.2) is 12.4 Å². The van der Waals surface area contributed by atoms with E-state index >= 15 is 0 Å². The van der Waals surface area contributed by atoms with Crippen LogP contribution in [0.3, 0.4) is 0 Å². The molecule has 0 spiro atoms. The molecule has 0 radical (unpaired) electrons. The first kappa shape index (κ1) is 12.7. The molecule has 1 aliphatic carbocycles. The number of aromatic nitrogens is 2. The Morgan fingerprint density at radius 1 is 1.44 bits per heavy atom. The Labute approximate surface area is 105 Å². The summed E-state index contributed by atoms with van der Waals surface area (Å²) in [6.07, 6.45) is 7.23. The van der Waals surface area contributed by atoms with Gasteiger partial charge in [-0.1, -0.05) is 12.8 Å². The number of anilines is 1. The van der Waals surface area contributed by atoms with Crippen LogP contribution in [0.2, 0.25) is 0 Å². The smallest absolute Gasteiger partial charge is 0.305 e. The lowest BCUT2D eigenvalue weighted by Gasteiger charge is -2.22. The van der Waals surface area contributed by atoms with Crippen LogP contribution in [-0.4, -0.2) is 27.5 Å². The maximum Gasteiger partial charge on any atom is 0.305 e. The van der Waals surface area contributed by atoms with Crippen molar-refractivity contribution in [1.29, 1.82) is 0 Å². The lowest BCUT2D eigenvalue weighted by molar-refractivity contribution is -0.385. The standard InChI is InChI=1S/C11H17N5O2/c12-5-10(8-3-1-2-4-8)15-11-13-6-9(7-14-11)16(17)18/h6-8,10H,1-5,12H2,(H,13,14,15). The summed E-state index contributed by atoms with van der Waals surface area (Å²) < 4.78 is 0. The highest BCUT2D eigenvalue weighted by Crippen LogP contribution is 2.28. The maximum absolute atomic E-state index is 10.5. The Bertz CT molecular complexity index is 402. The average molecular weight is 251 g/mol. The zero-order valence-corrected chi connectivity index (χ0v) is 10.1. The third-order valence-electron chi connectivity index (χ3n) is 3.39. The van der Waals surface area contributed by atoms with Crippen LogP contribution in [0.4, 0.5) is 11.6 Å². The highest BCUT2D eigenvalue weighted by molar-refractivity contribution is 5.31. The van der Waals surface area contributed by atoms with Crippen LogP contribution < -0.4 is 11.1 Å². The van der Waals surface area contributed by atoms with E-state index in [4.69, 9.17) is 5.73 Å². The summed E-state index contributed by atoms with van der Waals surface area (Å²) in [4.78, 5) is 17.9. The molecule has 1 saturated carbocycles. The van der Waals surface area contributed by atoms with Gasteiger partial charge in [0, 0.05) is 12.6 Å². The summed E-state index contributed by atoms with van der Waals surface area (Å²) in [7, 11) is 0. The molecule has 1 aromatic rings. The first-order valence-corrected chi connectivity index (χ1v) is 6.13. The summed E-state index contributed by atoms with van der Waals surface area (Å²) in [6, 6.07) is 0.147. The zero-order valence-electron chi connectivity index (χ0n) is 10.1. The van der Waals surface area contributed by atoms with Crippen LogP contribution >= 0.6 is 0 Å². The fourth-order valence-corrected chi connectivity index (χ4v) is 2.38. The Morgan fingerprint density at radius 3 is 2.56 bits per heavy atom. The minimum absolute atomic E-state index is 0.106. The van der Waals surface area contributed by atoms with Crippen molar-refractivity contribution in [3.05, 3.63) is 22.5 Å². The maximum atomic E-state index is 10.5. The Kier molecular flexibility index (Phi) is 4.03. The predicted molar refractivity (Wildman–Crippen MR) is 67.1 cm³/mol. The second-order valence-corrected chi connectivity index (χ2v) is 4.55. The summed E-state index contributed by atoms with van der Waals surface area (Å²) in [5, 5.41) is 13.7. The number of nitro groups is 1. The van der Waals surface area contributed by atoms with Crippen molar-refractivity contribution in [2.45, 2.75) is 31.7 Å². The highest BCUT2D eigenvalue weighted by Gasteiger charge is 2.24. The fourth-order valence-electron chi connectivity index (χ4n) is 2.38. The molecule has 0 saturated heterocycles. The topological polar surface area (TPSA) is 107 Å². The lowest BCUT2D eigenvalue weighted by atomic mass is 9.98. The summed E-state index contributed by atoms with van der Waals surface area (Å²) >= 11 is 0. The largest absolute Gasteiger partial charge is 0.350 e. The van der Waals surface area contributed by atoms with Gasteiger partial charge < -0.3 is 11.1 Å². The molecule has 0 aromatic carbocycles. The van der Waals surface area contributed by atoms with Gasteiger partial charge in [0.05, 0.1) is 4.92 Å². The molecular formula is C11H17N5O2. The minimum Gasteiger partial charge on any atom is -0.350 e. The second kappa shape index (κ2) is 5.72. The van der Waals surface area contributed by atoms with Crippen LogP contribution in [0.1, 0.15) is 25.7 Å². The first-order chi connectivity index (χ1) is 8.70. The quantitative estimate of drug-likeness (QED) is 0.603. The van der Waals surface area contributed by atoms with Gasteiger partial charge in [-0.2, -0.15) is 0 Å². The number of nitrogens with two attached hydrogens (primary N) is 1. The molecule has 7 heteroatoms. The molecule has 1 fully saturated rings. The van der Waals surface area contributed by atoms with E-state index < -0.39 is 4.92 Å². The predicted octanol–water partition coefficient (Wildman–Crippen LogP) is 1.31. The molecule has 18 heavy (non-hydrogen) atoms. The van der Waals surface area contributed by atoms with Gasteiger partial charge in [0.15, 0.2) is 0 Å². The van der Waals surface area contributed by atoms with Crippen molar-refractivity contribution in [1.82, 2.24) is 9.97 Å². The molecule has 1 aliphatic rings. The third kappa shape index (κ3) is 2.92. The van der Waals surface area contributed by atoms with Gasteiger partial charge in [-0.15, -0.1) is 0 Å². The summed E-state index contributed by atoms with van der Waals surface area (Å²) in [5.74, 6) is 0.955. The van der Waals surface area contributed by atoms with Crippen molar-refractivity contribution in [2.24, 2.45) is 11.7 Å². The Hall–Kier alpha value is -1.76. The lowest BCUT2D eigenvalue weighted by Crippen LogP contribution is -2.35. The van der Waals surface area contributed by atoms with Gasteiger partial charge >= 0.3 is 5.69 Å². The van der Waals surface area contributed by atoms with Gasteiger partial charge in [-0.25, -0.2) is 9.97 Å². The second-order valence-electron chi connectivity index (χ2n) is 4.55. The zero-order chi connectivity index (χ0) is 13.0. The van der Waals surface area contributed by atoms with Crippen LogP contribution in [0.25, 0.3) is 0 Å². The minimum atomic E-state index is -0.513. The molecular weight excluding hydrogens is 234 g/mol. The number of nitrogens with one attached hydrogen (secondary N) is 1. The first-order valence-electron chi connectivity index (χ1n) is 6.13. The van der Waals surface area contributed by atoms with Crippen LogP contribution in [0, 0.1) is 16.0 Å². The van der Waals surface area contributed by atoms with Crippen molar-refractivity contribution in [2.75, 3.05) is 11.9 Å². The van der Waals surface area contributed by atoms with Gasteiger partial charge in [-0.05, 0) is 18.8 Å². The van der Waals surface area contributed by atoms with Gasteiger partial charge in [0.1, 0.15) is 12.4 Å². The molecule has 1 unspecified atom stereocenters. The van der Waals surface area contributed by atoms with E-state index in [9.17, 15) is 10.1 Å².